The molecule has 0 bridgehead atoms. The molecule has 1 atom stereocenters. The number of aliphatic hydroxyl groups excluding tert-OH is 1. The molecule has 0 radical (unpaired) electrons. The van der Waals surface area contributed by atoms with Crippen molar-refractivity contribution < 1.29 is 19.1 Å². The van der Waals surface area contributed by atoms with E-state index in [4.69, 9.17) is 16.0 Å². The second kappa shape index (κ2) is 7.37. The lowest BCUT2D eigenvalue weighted by Gasteiger charge is -2.24. The van der Waals surface area contributed by atoms with Crippen LogP contribution in [0.2, 0.25) is 5.02 Å². The highest BCUT2D eigenvalue weighted by molar-refractivity contribution is 6.46. The molecule has 6 heteroatoms. The molecule has 2 heterocycles. The summed E-state index contributed by atoms with van der Waals surface area (Å²) >= 11 is 6.00. The van der Waals surface area contributed by atoms with Crippen LogP contribution in [0.1, 0.15) is 22.9 Å². The molecule has 1 amide bonds. The number of hydrogen-bond acceptors (Lipinski definition) is 4. The van der Waals surface area contributed by atoms with E-state index >= 15 is 0 Å². The van der Waals surface area contributed by atoms with E-state index in [2.05, 4.69) is 0 Å². The van der Waals surface area contributed by atoms with E-state index in [1.165, 1.54) is 11.2 Å². The van der Waals surface area contributed by atoms with Crippen LogP contribution in [0.5, 0.6) is 0 Å². The first kappa shape index (κ1) is 18.1. The number of benzene rings is 2. The highest BCUT2D eigenvalue weighted by atomic mass is 35.5. The number of carbonyl (C=O) groups excluding carboxylic acids is 2. The normalized spacial score (nSPS) is 18.6. The lowest BCUT2D eigenvalue weighted by Crippen LogP contribution is -2.29. The Hall–Kier alpha value is -3.31. The van der Waals surface area contributed by atoms with Crippen molar-refractivity contribution in [3.63, 3.8) is 0 Å². The average Bonchev–Trinajstić information content (AvgIpc) is 3.31. The Morgan fingerprint density at radius 3 is 2.36 bits per heavy atom. The monoisotopic (exact) mass is 393 g/mol. The molecule has 1 N–H and O–H groups in total. The molecule has 5 nitrogen and oxygen atoms in total. The van der Waals surface area contributed by atoms with Crippen LogP contribution in [0.3, 0.4) is 0 Å². The van der Waals surface area contributed by atoms with Gasteiger partial charge in [0.05, 0.1) is 24.4 Å². The van der Waals surface area contributed by atoms with Crippen molar-refractivity contribution >= 4 is 29.1 Å². The van der Waals surface area contributed by atoms with Gasteiger partial charge in [0.2, 0.25) is 0 Å². The number of ketones is 1. The van der Waals surface area contributed by atoms with Gasteiger partial charge in [0.15, 0.2) is 0 Å². The van der Waals surface area contributed by atoms with E-state index in [0.29, 0.717) is 21.9 Å². The second-order valence-corrected chi connectivity index (χ2v) is 6.86. The fraction of sp³-hybridized carbons (Fsp3) is 0.0909. The van der Waals surface area contributed by atoms with E-state index in [-0.39, 0.29) is 17.9 Å². The SMILES string of the molecule is O=C1C(=O)N(Cc2ccco2)[C@@H](c2ccc(Cl)cc2)C1=C(O)c1ccccc1. The van der Waals surface area contributed by atoms with Crippen LogP contribution in [-0.2, 0) is 16.1 Å². The van der Waals surface area contributed by atoms with Gasteiger partial charge in [-0.25, -0.2) is 0 Å². The van der Waals surface area contributed by atoms with Gasteiger partial charge >= 0.3 is 0 Å². The molecule has 3 aromatic rings. The van der Waals surface area contributed by atoms with Crippen molar-refractivity contribution in [3.8, 4) is 0 Å². The van der Waals surface area contributed by atoms with Crippen LogP contribution in [0.4, 0.5) is 0 Å². The summed E-state index contributed by atoms with van der Waals surface area (Å²) < 4.78 is 5.36. The third kappa shape index (κ3) is 3.21. The van der Waals surface area contributed by atoms with E-state index in [1.54, 1.807) is 60.7 Å². The Labute approximate surface area is 166 Å². The summed E-state index contributed by atoms with van der Waals surface area (Å²) in [4.78, 5) is 27.0. The lowest BCUT2D eigenvalue weighted by molar-refractivity contribution is -0.140. The number of Topliss-reactive ketones (excluding diaryl/α,β-unsaturated/α-hetero) is 1. The number of rotatable bonds is 4. The Balaban J connectivity index is 1.86. The smallest absolute Gasteiger partial charge is 0.296 e. The molecule has 2 aromatic carbocycles. The molecule has 28 heavy (non-hydrogen) atoms. The van der Waals surface area contributed by atoms with Crippen LogP contribution in [-0.4, -0.2) is 21.7 Å². The number of furan rings is 1. The third-order valence-corrected chi connectivity index (χ3v) is 4.93. The quantitative estimate of drug-likeness (QED) is 0.401. The summed E-state index contributed by atoms with van der Waals surface area (Å²) in [7, 11) is 0. The molecule has 1 aromatic heterocycles. The summed E-state index contributed by atoms with van der Waals surface area (Å²) in [5.74, 6) is -1.08. The molecular formula is C22H16ClNO4. The Bertz CT molecular complexity index is 1040. The molecule has 4 rings (SSSR count). The van der Waals surface area contributed by atoms with Gasteiger partial charge in [-0.3, -0.25) is 9.59 Å². The molecule has 0 unspecified atom stereocenters. The lowest BCUT2D eigenvalue weighted by atomic mass is 9.95. The Morgan fingerprint density at radius 2 is 1.71 bits per heavy atom. The van der Waals surface area contributed by atoms with Gasteiger partial charge in [0.1, 0.15) is 11.5 Å². The number of likely N-dealkylation sites (tertiary alicyclic amines) is 1. The van der Waals surface area contributed by atoms with Gasteiger partial charge < -0.3 is 14.4 Å². The summed E-state index contributed by atoms with van der Waals surface area (Å²) in [5.41, 5.74) is 1.19. The predicted molar refractivity (Wildman–Crippen MR) is 104 cm³/mol. The van der Waals surface area contributed by atoms with Crippen molar-refractivity contribution in [1.82, 2.24) is 4.90 Å². The van der Waals surface area contributed by atoms with Crippen molar-refractivity contribution in [3.05, 3.63) is 100 Å². The number of hydrogen-bond donors (Lipinski definition) is 1. The van der Waals surface area contributed by atoms with Gasteiger partial charge in [-0.2, -0.15) is 0 Å². The van der Waals surface area contributed by atoms with Crippen molar-refractivity contribution in [2.24, 2.45) is 0 Å². The average molecular weight is 394 g/mol. The first-order valence-electron chi connectivity index (χ1n) is 8.68. The van der Waals surface area contributed by atoms with Gasteiger partial charge in [-0.05, 0) is 29.8 Å². The number of halogens is 1. The summed E-state index contributed by atoms with van der Waals surface area (Å²) in [6.07, 6.45) is 1.51. The summed E-state index contributed by atoms with van der Waals surface area (Å²) in [5, 5.41) is 11.4. The highest BCUT2D eigenvalue weighted by Gasteiger charge is 2.46. The maximum absolute atomic E-state index is 12.8. The molecule has 1 aliphatic rings. The standard InChI is InChI=1S/C22H16ClNO4/c23-16-10-8-14(9-11-16)19-18(20(25)15-5-2-1-3-6-15)21(26)22(27)24(19)13-17-7-4-12-28-17/h1-12,19,25H,13H2/t19-/m0/s1. The Morgan fingerprint density at radius 1 is 1.00 bits per heavy atom. The van der Waals surface area contributed by atoms with Crippen molar-refractivity contribution in [2.45, 2.75) is 12.6 Å². The number of amides is 1. The first-order valence-corrected chi connectivity index (χ1v) is 9.05. The zero-order valence-corrected chi connectivity index (χ0v) is 15.5. The van der Waals surface area contributed by atoms with Crippen LogP contribution < -0.4 is 0 Å². The molecule has 0 aliphatic carbocycles. The molecule has 1 aliphatic heterocycles. The van der Waals surface area contributed by atoms with E-state index < -0.39 is 17.7 Å². The third-order valence-electron chi connectivity index (χ3n) is 4.68. The minimum absolute atomic E-state index is 0.0464. The zero-order valence-electron chi connectivity index (χ0n) is 14.7. The fourth-order valence-electron chi connectivity index (χ4n) is 3.36. The van der Waals surface area contributed by atoms with Crippen LogP contribution in [0.15, 0.2) is 83.0 Å². The molecule has 0 saturated carbocycles. The molecule has 0 spiro atoms. The van der Waals surface area contributed by atoms with Gasteiger partial charge in [0, 0.05) is 10.6 Å². The van der Waals surface area contributed by atoms with Crippen molar-refractivity contribution in [2.75, 3.05) is 0 Å². The topological polar surface area (TPSA) is 70.8 Å². The molecule has 1 fully saturated rings. The van der Waals surface area contributed by atoms with Gasteiger partial charge in [-0.15, -0.1) is 0 Å². The minimum atomic E-state index is -0.748. The van der Waals surface area contributed by atoms with E-state index in [9.17, 15) is 14.7 Å². The van der Waals surface area contributed by atoms with Gasteiger partial charge in [-0.1, -0.05) is 54.1 Å². The molecule has 1 saturated heterocycles. The maximum Gasteiger partial charge on any atom is 0.296 e. The maximum atomic E-state index is 12.8. The number of nitrogens with zero attached hydrogens (tertiary/aromatic N) is 1. The number of carbonyl (C=O) groups is 2. The fourth-order valence-corrected chi connectivity index (χ4v) is 3.48. The minimum Gasteiger partial charge on any atom is -0.507 e. The van der Waals surface area contributed by atoms with Crippen molar-refractivity contribution in [1.29, 1.82) is 0 Å². The molecular weight excluding hydrogens is 378 g/mol. The molecule has 140 valence electrons. The van der Waals surface area contributed by atoms with Crippen LogP contribution in [0, 0.1) is 0 Å². The predicted octanol–water partition coefficient (Wildman–Crippen LogP) is 4.55. The van der Waals surface area contributed by atoms with Crippen LogP contribution in [0.25, 0.3) is 5.76 Å². The van der Waals surface area contributed by atoms with Gasteiger partial charge in [0.25, 0.3) is 11.7 Å². The van der Waals surface area contributed by atoms with E-state index in [0.717, 1.165) is 0 Å². The van der Waals surface area contributed by atoms with E-state index in [1.807, 2.05) is 6.07 Å². The zero-order chi connectivity index (χ0) is 19.7. The largest absolute Gasteiger partial charge is 0.507 e. The summed E-state index contributed by atoms with van der Waals surface area (Å²) in [6, 6.07) is 18.3. The number of aliphatic hydroxyl groups is 1. The highest BCUT2D eigenvalue weighted by Crippen LogP contribution is 2.40. The second-order valence-electron chi connectivity index (χ2n) is 6.42. The first-order chi connectivity index (χ1) is 13.6. The van der Waals surface area contributed by atoms with Crippen LogP contribution >= 0.6 is 11.6 Å². The Kier molecular flexibility index (Phi) is 4.75. The summed E-state index contributed by atoms with van der Waals surface area (Å²) in [6.45, 7) is 0.108.